The quantitative estimate of drug-likeness (QED) is 0.537. The fourth-order valence-corrected chi connectivity index (χ4v) is 3.88. The zero-order chi connectivity index (χ0) is 23.4. The number of nitrogens with zero attached hydrogens (tertiary/aromatic N) is 2. The number of hydrogen-bond acceptors (Lipinski definition) is 7. The van der Waals surface area contributed by atoms with Gasteiger partial charge in [0.15, 0.2) is 17.9 Å². The summed E-state index contributed by atoms with van der Waals surface area (Å²) in [5.41, 5.74) is 5.29. The van der Waals surface area contributed by atoms with Crippen LogP contribution in [0.4, 0.5) is 10.2 Å². The van der Waals surface area contributed by atoms with E-state index in [1.807, 2.05) is 60.7 Å². The van der Waals surface area contributed by atoms with Gasteiger partial charge in [-0.1, -0.05) is 60.7 Å². The summed E-state index contributed by atoms with van der Waals surface area (Å²) in [6.45, 7) is 2.32. The van der Waals surface area contributed by atoms with Crippen molar-refractivity contribution in [2.45, 2.75) is 44.2 Å². The second-order valence-corrected chi connectivity index (χ2v) is 8.17. The largest absolute Gasteiger partial charge is 0.386 e. The molecule has 1 aliphatic heterocycles. The molecule has 0 unspecified atom stereocenters. The molecule has 4 rings (SSSR count). The third-order valence-corrected chi connectivity index (χ3v) is 5.58. The highest BCUT2D eigenvalue weighted by molar-refractivity contribution is 5.26. The number of benzene rings is 2. The van der Waals surface area contributed by atoms with E-state index in [1.54, 1.807) is 6.92 Å². The fourth-order valence-electron chi connectivity index (χ4n) is 3.88. The highest BCUT2D eigenvalue weighted by atomic mass is 19.1. The highest BCUT2D eigenvalue weighted by Gasteiger charge is 2.54. The molecule has 174 valence electrons. The Kier molecular flexibility index (Phi) is 6.85. The van der Waals surface area contributed by atoms with Gasteiger partial charge < -0.3 is 25.1 Å². The van der Waals surface area contributed by atoms with Crippen LogP contribution >= 0.6 is 0 Å². The Balaban J connectivity index is 1.56. The predicted octanol–water partition coefficient (Wildman–Crippen LogP) is 2.42. The fraction of sp³-hybridized carbons (Fsp3) is 0.333. The van der Waals surface area contributed by atoms with Crippen LogP contribution in [-0.2, 0) is 27.4 Å². The van der Waals surface area contributed by atoms with Crippen LogP contribution in [0.5, 0.6) is 0 Å². The van der Waals surface area contributed by atoms with Gasteiger partial charge in [-0.25, -0.2) is 9.18 Å². The average Bonchev–Trinajstić information content (AvgIpc) is 3.06. The standard InChI is InChI=1S/C24H26FN3O5/c1-24(15-31-13-16-8-4-2-5-9-16)20(32-14-17-10-6-3-7-11-17)19(29)22(33-24)28-12-18(25)21(26)27-23(28)30/h2-12,19-20,22,29H,13-15H2,1H3,(H2,26,27,30)/t19-,20+,22-,24-/m1/s1. The van der Waals surface area contributed by atoms with Crippen molar-refractivity contribution in [1.82, 2.24) is 9.55 Å². The van der Waals surface area contributed by atoms with Crippen LogP contribution in [0, 0.1) is 5.82 Å². The number of aromatic nitrogens is 2. The van der Waals surface area contributed by atoms with Crippen LogP contribution in [0.1, 0.15) is 24.3 Å². The van der Waals surface area contributed by atoms with Gasteiger partial charge in [0.05, 0.1) is 26.0 Å². The van der Waals surface area contributed by atoms with Crippen LogP contribution in [-0.4, -0.2) is 39.1 Å². The van der Waals surface area contributed by atoms with Gasteiger partial charge in [0.2, 0.25) is 0 Å². The second-order valence-electron chi connectivity index (χ2n) is 8.17. The molecule has 0 amide bonds. The molecule has 1 saturated heterocycles. The smallest absolute Gasteiger partial charge is 0.351 e. The van der Waals surface area contributed by atoms with Crippen molar-refractivity contribution >= 4 is 5.82 Å². The molecule has 1 aromatic heterocycles. The minimum atomic E-state index is -1.29. The van der Waals surface area contributed by atoms with Crippen LogP contribution in [0.2, 0.25) is 0 Å². The molecule has 0 radical (unpaired) electrons. The van der Waals surface area contributed by atoms with Gasteiger partial charge in [-0.3, -0.25) is 4.57 Å². The van der Waals surface area contributed by atoms with Crippen LogP contribution < -0.4 is 11.4 Å². The molecule has 3 N–H and O–H groups in total. The van der Waals surface area contributed by atoms with E-state index in [-0.39, 0.29) is 13.2 Å². The van der Waals surface area contributed by atoms with Crippen molar-refractivity contribution in [3.8, 4) is 0 Å². The van der Waals surface area contributed by atoms with Gasteiger partial charge in [-0.2, -0.15) is 4.98 Å². The molecule has 3 aromatic rings. The number of aliphatic hydroxyl groups is 1. The van der Waals surface area contributed by atoms with Gasteiger partial charge in [-0.15, -0.1) is 0 Å². The molecule has 0 spiro atoms. The number of halogens is 1. The average molecular weight is 455 g/mol. The summed E-state index contributed by atoms with van der Waals surface area (Å²) in [7, 11) is 0. The first-order valence-electron chi connectivity index (χ1n) is 10.5. The topological polar surface area (TPSA) is 109 Å². The molecular formula is C24H26FN3O5. The second kappa shape index (κ2) is 9.80. The Morgan fingerprint density at radius 1 is 1.12 bits per heavy atom. The molecule has 1 fully saturated rings. The number of nitrogen functional groups attached to an aromatic ring is 1. The first-order valence-corrected chi connectivity index (χ1v) is 10.5. The number of ether oxygens (including phenoxy) is 3. The van der Waals surface area contributed by atoms with E-state index in [9.17, 15) is 14.3 Å². The molecule has 4 atom stereocenters. The van der Waals surface area contributed by atoms with Crippen LogP contribution in [0.15, 0.2) is 71.7 Å². The summed E-state index contributed by atoms with van der Waals surface area (Å²) in [5.74, 6) is -1.41. The molecule has 0 aliphatic carbocycles. The van der Waals surface area contributed by atoms with Crippen molar-refractivity contribution in [2.24, 2.45) is 0 Å². The number of anilines is 1. The van der Waals surface area contributed by atoms with Crippen molar-refractivity contribution in [3.05, 3.63) is 94.3 Å². The zero-order valence-electron chi connectivity index (χ0n) is 18.1. The first-order chi connectivity index (χ1) is 15.9. The molecule has 2 heterocycles. The van der Waals surface area contributed by atoms with Gasteiger partial charge in [0, 0.05) is 0 Å². The summed E-state index contributed by atoms with van der Waals surface area (Å²) in [6.07, 6.45) is -2.51. The molecular weight excluding hydrogens is 429 g/mol. The minimum Gasteiger partial charge on any atom is -0.386 e. The minimum absolute atomic E-state index is 0.0640. The van der Waals surface area contributed by atoms with E-state index in [0.717, 1.165) is 21.9 Å². The first kappa shape index (κ1) is 23.1. The summed E-state index contributed by atoms with van der Waals surface area (Å²) >= 11 is 0. The Bertz CT molecular complexity index is 1130. The summed E-state index contributed by atoms with van der Waals surface area (Å²) in [4.78, 5) is 15.8. The van der Waals surface area contributed by atoms with Crippen molar-refractivity contribution in [3.63, 3.8) is 0 Å². The monoisotopic (exact) mass is 455 g/mol. The maximum absolute atomic E-state index is 14.0. The molecule has 0 saturated carbocycles. The van der Waals surface area contributed by atoms with Gasteiger partial charge in [-0.05, 0) is 18.1 Å². The highest BCUT2D eigenvalue weighted by Crippen LogP contribution is 2.39. The Hall–Kier alpha value is -3.11. The van der Waals surface area contributed by atoms with E-state index >= 15 is 0 Å². The third kappa shape index (κ3) is 5.12. The maximum atomic E-state index is 14.0. The molecule has 8 nitrogen and oxygen atoms in total. The van der Waals surface area contributed by atoms with Gasteiger partial charge >= 0.3 is 5.69 Å². The van der Waals surface area contributed by atoms with E-state index < -0.39 is 41.4 Å². The van der Waals surface area contributed by atoms with Crippen LogP contribution in [0.3, 0.4) is 0 Å². The lowest BCUT2D eigenvalue weighted by molar-refractivity contribution is -0.147. The molecule has 0 bridgehead atoms. The molecule has 33 heavy (non-hydrogen) atoms. The number of nitrogens with two attached hydrogens (primary N) is 1. The zero-order valence-corrected chi connectivity index (χ0v) is 18.1. The van der Waals surface area contributed by atoms with E-state index in [1.165, 1.54) is 0 Å². The summed E-state index contributed by atoms with van der Waals surface area (Å²) < 4.78 is 33.0. The van der Waals surface area contributed by atoms with Crippen molar-refractivity contribution in [1.29, 1.82) is 0 Å². The number of rotatable bonds is 8. The summed E-state index contributed by atoms with van der Waals surface area (Å²) in [5, 5.41) is 11.1. The Labute approximate surface area is 190 Å². The lowest BCUT2D eigenvalue weighted by atomic mass is 9.98. The maximum Gasteiger partial charge on any atom is 0.351 e. The predicted molar refractivity (Wildman–Crippen MR) is 119 cm³/mol. The van der Waals surface area contributed by atoms with Gasteiger partial charge in [0.25, 0.3) is 0 Å². The normalized spacial score (nSPS) is 24.8. The lowest BCUT2D eigenvalue weighted by Gasteiger charge is -2.30. The molecule has 9 heteroatoms. The SMILES string of the molecule is C[C@]1(COCc2ccccc2)O[C@@H](n2cc(F)c(N)nc2=O)[C@H](O)[C@@H]1OCc1ccccc1. The van der Waals surface area contributed by atoms with E-state index in [2.05, 4.69) is 4.98 Å². The number of aliphatic hydroxyl groups excluding tert-OH is 1. The summed E-state index contributed by atoms with van der Waals surface area (Å²) in [6, 6.07) is 19.0. The van der Waals surface area contributed by atoms with Gasteiger partial charge in [0.1, 0.15) is 17.8 Å². The Morgan fingerprint density at radius 3 is 2.36 bits per heavy atom. The van der Waals surface area contributed by atoms with E-state index in [4.69, 9.17) is 19.9 Å². The number of hydrogen-bond donors (Lipinski definition) is 2. The molecule has 2 aromatic carbocycles. The van der Waals surface area contributed by atoms with Crippen molar-refractivity contribution in [2.75, 3.05) is 12.3 Å². The van der Waals surface area contributed by atoms with E-state index in [0.29, 0.717) is 6.61 Å². The molecule has 1 aliphatic rings. The Morgan fingerprint density at radius 2 is 1.73 bits per heavy atom. The van der Waals surface area contributed by atoms with Crippen molar-refractivity contribution < 1.29 is 23.7 Å². The lowest BCUT2D eigenvalue weighted by Crippen LogP contribution is -2.46. The van der Waals surface area contributed by atoms with Crippen LogP contribution in [0.25, 0.3) is 0 Å². The third-order valence-electron chi connectivity index (χ3n) is 5.58.